The van der Waals surface area contributed by atoms with Crippen LogP contribution in [-0.2, 0) is 20.5 Å². The molecule has 1 aliphatic rings. The SMILES string of the molecule is Cc1cc(OCCCc2c3n(c4c(-c5c(C)nn(C)c5C)c(Cl)ccc24)C(C)CN(c2c(C(=O)O)n(C)c4cccc(O)c24)C3=O)cc(C)c1Cl. The number of benzene rings is 3. The van der Waals surface area contributed by atoms with Crippen LogP contribution in [0.25, 0.3) is 32.9 Å². The van der Waals surface area contributed by atoms with Crippen LogP contribution in [0.2, 0.25) is 10.0 Å². The van der Waals surface area contributed by atoms with Crippen LogP contribution in [-0.4, -0.2) is 54.2 Å². The van der Waals surface area contributed by atoms with Crippen LogP contribution in [0.5, 0.6) is 11.5 Å². The average Bonchev–Trinajstić information content (AvgIpc) is 3.66. The monoisotopic (exact) mass is 727 g/mol. The van der Waals surface area contributed by atoms with Crippen molar-refractivity contribution in [3.8, 4) is 22.6 Å². The molecular weight excluding hydrogens is 689 g/mol. The molecule has 1 unspecified atom stereocenters. The maximum Gasteiger partial charge on any atom is 0.354 e. The first kappa shape index (κ1) is 34.5. The first-order valence-electron chi connectivity index (χ1n) is 16.8. The van der Waals surface area contributed by atoms with E-state index >= 15 is 4.79 Å². The molecule has 0 saturated heterocycles. The Morgan fingerprint density at radius 3 is 2.39 bits per heavy atom. The average molecular weight is 729 g/mol. The van der Waals surface area contributed by atoms with Crippen LogP contribution < -0.4 is 9.64 Å². The predicted molar refractivity (Wildman–Crippen MR) is 201 cm³/mol. The van der Waals surface area contributed by atoms with Gasteiger partial charge in [0.15, 0.2) is 5.69 Å². The number of aromatic carboxylic acids is 1. The lowest BCUT2D eigenvalue weighted by Gasteiger charge is -2.34. The van der Waals surface area contributed by atoms with E-state index in [0.29, 0.717) is 46.1 Å². The fourth-order valence-electron chi connectivity index (χ4n) is 7.88. The Kier molecular flexibility index (Phi) is 8.58. The Hall–Kier alpha value is -4.93. The molecule has 12 heteroatoms. The minimum absolute atomic E-state index is 0.0783. The van der Waals surface area contributed by atoms with E-state index in [2.05, 4.69) is 9.67 Å². The topological polar surface area (TPSA) is 115 Å². The predicted octanol–water partition coefficient (Wildman–Crippen LogP) is 8.71. The van der Waals surface area contributed by atoms with Gasteiger partial charge in [0.2, 0.25) is 0 Å². The summed E-state index contributed by atoms with van der Waals surface area (Å²) in [6, 6.07) is 12.3. The molecule has 0 saturated carbocycles. The summed E-state index contributed by atoms with van der Waals surface area (Å²) >= 11 is 13.4. The molecule has 7 rings (SSSR count). The molecule has 2 N–H and O–H groups in total. The maximum atomic E-state index is 15.1. The fourth-order valence-corrected chi connectivity index (χ4v) is 8.23. The number of aryl methyl sites for hydroxylation is 6. The van der Waals surface area contributed by atoms with Gasteiger partial charge in [-0.05, 0) is 94.5 Å². The first-order valence-corrected chi connectivity index (χ1v) is 17.6. The highest BCUT2D eigenvalue weighted by Crippen LogP contribution is 2.47. The molecule has 264 valence electrons. The number of carboxylic acids is 1. The Balaban J connectivity index is 1.42. The molecule has 0 fully saturated rings. The van der Waals surface area contributed by atoms with Crippen LogP contribution in [0.4, 0.5) is 5.69 Å². The number of anilines is 1. The smallest absolute Gasteiger partial charge is 0.354 e. The molecule has 0 bridgehead atoms. The number of hydrogen-bond donors (Lipinski definition) is 2. The molecule has 4 heterocycles. The zero-order chi connectivity index (χ0) is 36.6. The van der Waals surface area contributed by atoms with Gasteiger partial charge in [0.1, 0.15) is 17.2 Å². The highest BCUT2D eigenvalue weighted by Gasteiger charge is 2.40. The van der Waals surface area contributed by atoms with Gasteiger partial charge < -0.3 is 29.0 Å². The van der Waals surface area contributed by atoms with Crippen molar-refractivity contribution in [1.82, 2.24) is 18.9 Å². The van der Waals surface area contributed by atoms with Gasteiger partial charge in [-0.3, -0.25) is 9.48 Å². The summed E-state index contributed by atoms with van der Waals surface area (Å²) in [5, 5.41) is 28.6. The summed E-state index contributed by atoms with van der Waals surface area (Å²) in [4.78, 5) is 29.3. The number of phenols is 1. The molecule has 6 aromatic rings. The third-order valence-corrected chi connectivity index (χ3v) is 11.1. The van der Waals surface area contributed by atoms with Gasteiger partial charge in [-0.25, -0.2) is 4.79 Å². The van der Waals surface area contributed by atoms with Gasteiger partial charge in [-0.2, -0.15) is 5.10 Å². The van der Waals surface area contributed by atoms with Crippen LogP contribution in [0.1, 0.15) is 68.4 Å². The number of aromatic hydroxyl groups is 1. The molecule has 10 nitrogen and oxygen atoms in total. The van der Waals surface area contributed by atoms with Crippen LogP contribution in [0.15, 0.2) is 42.5 Å². The highest BCUT2D eigenvalue weighted by molar-refractivity contribution is 6.35. The molecule has 51 heavy (non-hydrogen) atoms. The Labute approximate surface area is 305 Å². The number of ether oxygens (including phenoxy) is 1. The van der Waals surface area contributed by atoms with Crippen LogP contribution >= 0.6 is 23.2 Å². The van der Waals surface area contributed by atoms with Crippen molar-refractivity contribution in [1.29, 1.82) is 0 Å². The molecule has 1 amide bonds. The van der Waals surface area contributed by atoms with Crippen molar-refractivity contribution in [3.63, 3.8) is 0 Å². The Bertz CT molecular complexity index is 2420. The number of hydrogen-bond acceptors (Lipinski definition) is 5. The fraction of sp³-hybridized carbons (Fsp3) is 0.308. The molecule has 1 aliphatic heterocycles. The zero-order valence-corrected chi connectivity index (χ0v) is 31.1. The number of carbonyl (C=O) groups excluding carboxylic acids is 1. The largest absolute Gasteiger partial charge is 0.507 e. The molecule has 3 aromatic heterocycles. The second kappa shape index (κ2) is 12.7. The number of carbonyl (C=O) groups is 2. The van der Waals surface area contributed by atoms with Crippen molar-refractivity contribution >= 4 is 62.6 Å². The van der Waals surface area contributed by atoms with Gasteiger partial charge in [0, 0.05) is 53.9 Å². The second-order valence-corrected chi connectivity index (χ2v) is 14.3. The Morgan fingerprint density at radius 1 is 1.04 bits per heavy atom. The maximum absolute atomic E-state index is 15.1. The molecule has 3 aromatic carbocycles. The van der Waals surface area contributed by atoms with Crippen molar-refractivity contribution in [3.05, 3.63) is 92.0 Å². The van der Waals surface area contributed by atoms with E-state index in [1.54, 1.807) is 19.2 Å². The van der Waals surface area contributed by atoms with Gasteiger partial charge in [0.25, 0.3) is 5.91 Å². The molecule has 0 aliphatic carbocycles. The van der Waals surface area contributed by atoms with E-state index in [1.807, 2.05) is 70.6 Å². The van der Waals surface area contributed by atoms with Gasteiger partial charge in [-0.15, -0.1) is 0 Å². The van der Waals surface area contributed by atoms with Crippen LogP contribution in [0.3, 0.4) is 0 Å². The summed E-state index contributed by atoms with van der Waals surface area (Å²) in [5.41, 5.74) is 8.04. The summed E-state index contributed by atoms with van der Waals surface area (Å²) in [6.07, 6.45) is 1.09. The lowest BCUT2D eigenvalue weighted by Crippen LogP contribution is -2.43. The Morgan fingerprint density at radius 2 is 1.75 bits per heavy atom. The van der Waals surface area contributed by atoms with E-state index in [9.17, 15) is 15.0 Å². The summed E-state index contributed by atoms with van der Waals surface area (Å²) in [5.74, 6) is -0.929. The molecule has 0 spiro atoms. The van der Waals surface area contributed by atoms with E-state index in [1.165, 1.54) is 15.5 Å². The van der Waals surface area contributed by atoms with Crippen molar-refractivity contribution in [2.24, 2.45) is 14.1 Å². The number of fused-ring (bicyclic) bond motifs is 4. The number of amides is 1. The molecule has 1 atom stereocenters. The number of carboxylic acid groups (broad SMARTS) is 1. The zero-order valence-electron chi connectivity index (χ0n) is 29.6. The summed E-state index contributed by atoms with van der Waals surface area (Å²) in [6.45, 7) is 10.4. The molecular formula is C39H39Cl2N5O5. The van der Waals surface area contributed by atoms with E-state index < -0.39 is 5.97 Å². The number of halogens is 2. The quantitative estimate of drug-likeness (QED) is 0.152. The highest BCUT2D eigenvalue weighted by atomic mass is 35.5. The van der Waals surface area contributed by atoms with Crippen molar-refractivity contribution < 1.29 is 24.5 Å². The summed E-state index contributed by atoms with van der Waals surface area (Å²) < 4.78 is 11.6. The number of rotatable bonds is 8. The van der Waals surface area contributed by atoms with Crippen molar-refractivity contribution in [2.45, 2.75) is 53.5 Å². The first-order chi connectivity index (χ1) is 24.2. The normalized spacial score (nSPS) is 14.6. The van der Waals surface area contributed by atoms with Crippen LogP contribution in [0, 0.1) is 27.7 Å². The standard InChI is InChI=1S/C39H39Cl2N5O5/c1-19-16-24(17-20(2)33(19)41)51-15-9-10-25-26-13-14-27(40)31(30-22(4)42-44(7)23(30)5)34(26)46-21(3)18-45(38(48)35(25)46)36-32-28(11-8-12-29(32)47)43(6)37(36)39(49)50/h8,11-14,16-17,21,47H,9-10,15,18H2,1-7H3,(H,49,50). The number of phenolic OH excluding ortho intramolecular Hbond substituents is 1. The second-order valence-electron chi connectivity index (χ2n) is 13.5. The number of nitrogens with zero attached hydrogens (tertiary/aromatic N) is 5. The van der Waals surface area contributed by atoms with Crippen molar-refractivity contribution in [2.75, 3.05) is 18.1 Å². The van der Waals surface area contributed by atoms with Gasteiger partial charge in [-0.1, -0.05) is 35.3 Å². The third kappa shape index (κ3) is 5.34. The third-order valence-electron chi connectivity index (χ3n) is 10.2. The van der Waals surface area contributed by atoms with E-state index in [0.717, 1.165) is 55.9 Å². The lowest BCUT2D eigenvalue weighted by atomic mass is 9.98. The van der Waals surface area contributed by atoms with Gasteiger partial charge >= 0.3 is 5.97 Å². The number of aromatic nitrogens is 4. The lowest BCUT2D eigenvalue weighted by molar-refractivity contribution is 0.0687. The summed E-state index contributed by atoms with van der Waals surface area (Å²) in [7, 11) is 3.53. The minimum atomic E-state index is -1.20. The minimum Gasteiger partial charge on any atom is -0.507 e. The van der Waals surface area contributed by atoms with E-state index in [-0.39, 0.29) is 35.6 Å². The van der Waals surface area contributed by atoms with E-state index in [4.69, 9.17) is 27.9 Å². The van der Waals surface area contributed by atoms with Gasteiger partial charge in [0.05, 0.1) is 39.4 Å². The molecule has 0 radical (unpaired) electrons.